The van der Waals surface area contributed by atoms with Gasteiger partial charge >= 0.3 is 8.90 Å². The summed E-state index contributed by atoms with van der Waals surface area (Å²) < 4.78 is 20.6. The maximum atomic E-state index is 5.44. The second-order valence-corrected chi connectivity index (χ2v) is 3.95. The fourth-order valence-electron chi connectivity index (χ4n) is 0.685. The van der Waals surface area contributed by atoms with Crippen molar-refractivity contribution in [2.75, 3.05) is 40.6 Å². The largest absolute Gasteiger partial charge is 0.521 e. The van der Waals surface area contributed by atoms with Crippen LogP contribution in [0.2, 0.25) is 0 Å². The fraction of sp³-hybridized carbons (Fsp3) is 0.667. The Labute approximate surface area is 86.9 Å². The van der Waals surface area contributed by atoms with Crippen molar-refractivity contribution in [2.45, 2.75) is 0 Å². The first-order valence-electron chi connectivity index (χ1n) is 4.41. The zero-order chi connectivity index (χ0) is 10.6. The summed E-state index contributed by atoms with van der Waals surface area (Å²) in [6, 6.07) is 0. The van der Waals surface area contributed by atoms with Crippen molar-refractivity contribution < 1.29 is 18.3 Å². The predicted octanol–water partition coefficient (Wildman–Crippen LogP) is 0.370. The van der Waals surface area contributed by atoms with Gasteiger partial charge in [0.2, 0.25) is 0 Å². The number of hydrogen-bond acceptors (Lipinski definition) is 4. The molecule has 14 heavy (non-hydrogen) atoms. The maximum Gasteiger partial charge on any atom is 0.480 e. The summed E-state index contributed by atoms with van der Waals surface area (Å²) in [6.07, 6.45) is 1.69. The van der Waals surface area contributed by atoms with Gasteiger partial charge in [0.05, 0.1) is 26.4 Å². The highest BCUT2D eigenvalue weighted by Gasteiger charge is 2.01. The van der Waals surface area contributed by atoms with Gasteiger partial charge < -0.3 is 18.3 Å². The lowest BCUT2D eigenvalue weighted by Gasteiger charge is -2.09. The van der Waals surface area contributed by atoms with Crippen LogP contribution in [0.4, 0.5) is 0 Å². The third-order valence-electron chi connectivity index (χ3n) is 1.32. The molecule has 0 fully saturated rings. The Hall–Kier alpha value is -0.653. The molecule has 0 rings (SSSR count). The Balaban J connectivity index is 3.67. The molecule has 0 aliphatic carbocycles. The third kappa shape index (κ3) is 7.97. The minimum absolute atomic E-state index is 0.544. The van der Waals surface area contributed by atoms with Crippen LogP contribution in [0.3, 0.4) is 0 Å². The van der Waals surface area contributed by atoms with E-state index in [1.807, 2.05) is 5.67 Å². The molecule has 0 unspecified atom stereocenters. The zero-order valence-corrected chi connectivity index (χ0v) is 9.82. The van der Waals surface area contributed by atoms with Crippen molar-refractivity contribution in [3.8, 4) is 0 Å². The molecule has 5 heteroatoms. The highest BCUT2D eigenvalue weighted by atomic mass is 28.3. The minimum Gasteiger partial charge on any atom is -0.521 e. The first-order chi connectivity index (χ1) is 6.85. The van der Waals surface area contributed by atoms with E-state index < -0.39 is 8.90 Å². The molecule has 0 heterocycles. The maximum absolute atomic E-state index is 5.44. The molecule has 0 saturated heterocycles. The van der Waals surface area contributed by atoms with Crippen LogP contribution in [-0.4, -0.2) is 55.2 Å². The van der Waals surface area contributed by atoms with E-state index in [-0.39, 0.29) is 0 Å². The number of allylic oxidation sites excluding steroid dienone is 1. The monoisotopic (exact) mass is 218 g/mol. The molecular formula is C9H18O4Si. The van der Waals surface area contributed by atoms with Crippen molar-refractivity contribution in [3.05, 3.63) is 12.7 Å². The van der Waals surface area contributed by atoms with E-state index in [9.17, 15) is 0 Å². The Morgan fingerprint density at radius 1 is 1.00 bits per heavy atom. The predicted molar refractivity (Wildman–Crippen MR) is 57.7 cm³/mol. The molecule has 0 amide bonds. The number of hydrogen-bond donors (Lipinski definition) is 0. The second-order valence-electron chi connectivity index (χ2n) is 2.40. The molecule has 4 nitrogen and oxygen atoms in total. The molecule has 82 valence electrons. The number of rotatable bonds is 9. The first-order valence-corrected chi connectivity index (χ1v) is 5.80. The molecule has 0 aliphatic rings. The van der Waals surface area contributed by atoms with E-state index >= 15 is 0 Å². The quantitative estimate of drug-likeness (QED) is 0.414. The van der Waals surface area contributed by atoms with Gasteiger partial charge in [-0.1, -0.05) is 12.7 Å². The van der Waals surface area contributed by atoms with Crippen LogP contribution in [0.25, 0.3) is 0 Å². The molecule has 0 spiro atoms. The normalized spacial score (nSPS) is 9.29. The van der Waals surface area contributed by atoms with E-state index in [1.165, 1.54) is 0 Å². The summed E-state index contributed by atoms with van der Waals surface area (Å²) in [5.41, 5.74) is 1.84. The van der Waals surface area contributed by atoms with Crippen molar-refractivity contribution >= 4 is 14.6 Å². The third-order valence-corrected chi connectivity index (χ3v) is 2.80. The van der Waals surface area contributed by atoms with Crippen LogP contribution in [0, 0.1) is 0 Å². The smallest absolute Gasteiger partial charge is 0.480 e. The van der Waals surface area contributed by atoms with E-state index in [0.29, 0.717) is 26.4 Å². The average Bonchev–Trinajstić information content (AvgIpc) is 2.18. The van der Waals surface area contributed by atoms with Crippen LogP contribution in [-0.2, 0) is 18.3 Å². The van der Waals surface area contributed by atoms with Gasteiger partial charge in [-0.05, 0) is 5.67 Å². The number of methoxy groups -OCH3 is 2. The molecule has 0 aromatic carbocycles. The molecular weight excluding hydrogens is 200 g/mol. The lowest BCUT2D eigenvalue weighted by molar-refractivity contribution is 0.108. The van der Waals surface area contributed by atoms with E-state index in [0.717, 1.165) is 0 Å². The lowest BCUT2D eigenvalue weighted by Crippen LogP contribution is -2.20. The SMILES string of the molecule is C=CC=[Si](OCCOC)OCCOC. The molecule has 0 radical (unpaired) electrons. The Bertz CT molecular complexity index is 158. The van der Waals surface area contributed by atoms with E-state index in [4.69, 9.17) is 18.3 Å². The molecule has 0 aromatic heterocycles. The minimum atomic E-state index is -1.34. The standard InChI is InChI=1S/C9H18O4Si/c1-4-9-14(12-7-5-10-2)13-8-6-11-3/h4,9H,1,5-8H2,2-3H3. The van der Waals surface area contributed by atoms with Crippen LogP contribution in [0.15, 0.2) is 12.7 Å². The van der Waals surface area contributed by atoms with Crippen LogP contribution < -0.4 is 0 Å². The summed E-state index contributed by atoms with van der Waals surface area (Å²) in [6.45, 7) is 5.84. The van der Waals surface area contributed by atoms with E-state index in [2.05, 4.69) is 6.58 Å². The summed E-state index contributed by atoms with van der Waals surface area (Å²) in [5.74, 6) is 0. The van der Waals surface area contributed by atoms with Gasteiger partial charge in [-0.25, -0.2) is 0 Å². The Morgan fingerprint density at radius 2 is 1.50 bits per heavy atom. The number of ether oxygens (including phenoxy) is 2. The molecule has 0 atom stereocenters. The summed E-state index contributed by atoms with van der Waals surface area (Å²) in [4.78, 5) is 0. The Morgan fingerprint density at radius 3 is 1.86 bits per heavy atom. The summed E-state index contributed by atoms with van der Waals surface area (Å²) >= 11 is 0. The first kappa shape index (κ1) is 13.3. The molecule has 0 aromatic rings. The van der Waals surface area contributed by atoms with Gasteiger partial charge in [0.15, 0.2) is 0 Å². The van der Waals surface area contributed by atoms with Gasteiger partial charge in [0.25, 0.3) is 0 Å². The van der Waals surface area contributed by atoms with Crippen LogP contribution in [0.5, 0.6) is 0 Å². The van der Waals surface area contributed by atoms with Gasteiger partial charge in [-0.3, -0.25) is 0 Å². The molecule has 0 saturated carbocycles. The van der Waals surface area contributed by atoms with Crippen molar-refractivity contribution in [1.29, 1.82) is 0 Å². The van der Waals surface area contributed by atoms with Gasteiger partial charge in [-0.15, -0.1) is 0 Å². The fourth-order valence-corrected chi connectivity index (χ4v) is 1.72. The summed E-state index contributed by atoms with van der Waals surface area (Å²) in [5, 5.41) is 0. The molecule has 0 aliphatic heterocycles. The highest BCUT2D eigenvalue weighted by Crippen LogP contribution is 1.83. The summed E-state index contributed by atoms with van der Waals surface area (Å²) in [7, 11) is 1.93. The van der Waals surface area contributed by atoms with Gasteiger partial charge in [0, 0.05) is 14.2 Å². The van der Waals surface area contributed by atoms with Crippen molar-refractivity contribution in [1.82, 2.24) is 0 Å². The van der Waals surface area contributed by atoms with Crippen molar-refractivity contribution in [3.63, 3.8) is 0 Å². The lowest BCUT2D eigenvalue weighted by atomic mass is 10.8. The molecule has 0 N–H and O–H groups in total. The topological polar surface area (TPSA) is 36.9 Å². The average molecular weight is 218 g/mol. The highest BCUT2D eigenvalue weighted by molar-refractivity contribution is 6.56. The Kier molecular flexibility index (Phi) is 9.94. The van der Waals surface area contributed by atoms with Gasteiger partial charge in [0.1, 0.15) is 0 Å². The van der Waals surface area contributed by atoms with E-state index in [1.54, 1.807) is 20.3 Å². The van der Waals surface area contributed by atoms with Gasteiger partial charge in [-0.2, -0.15) is 0 Å². The van der Waals surface area contributed by atoms with Crippen LogP contribution >= 0.6 is 0 Å². The second kappa shape index (κ2) is 10.4. The van der Waals surface area contributed by atoms with Crippen molar-refractivity contribution in [2.24, 2.45) is 0 Å². The zero-order valence-electron chi connectivity index (χ0n) is 8.82. The van der Waals surface area contributed by atoms with Crippen LogP contribution in [0.1, 0.15) is 0 Å². The molecule has 0 bridgehead atoms.